The predicted molar refractivity (Wildman–Crippen MR) is 79.2 cm³/mol. The van der Waals surface area contributed by atoms with Crippen LogP contribution in [0.4, 0.5) is 10.1 Å². The Hall–Kier alpha value is -2.67. The fourth-order valence-corrected chi connectivity index (χ4v) is 2.04. The standard InChI is InChI=1S/C17H15FN2O/c1-12-4-2-3-5-14(12)7-9-17(21)20-16-8-6-13(11-19)10-15(16)18/h2-6,8,10H,7,9H2,1H3,(H,20,21). The van der Waals surface area contributed by atoms with Crippen molar-refractivity contribution >= 4 is 11.6 Å². The maximum absolute atomic E-state index is 13.7. The van der Waals surface area contributed by atoms with E-state index in [0.29, 0.717) is 6.42 Å². The van der Waals surface area contributed by atoms with Gasteiger partial charge in [0.05, 0.1) is 17.3 Å². The number of nitriles is 1. The van der Waals surface area contributed by atoms with E-state index in [-0.39, 0.29) is 23.6 Å². The van der Waals surface area contributed by atoms with Crippen LogP contribution in [0.25, 0.3) is 0 Å². The van der Waals surface area contributed by atoms with Crippen LogP contribution in [0.2, 0.25) is 0 Å². The van der Waals surface area contributed by atoms with Gasteiger partial charge in [0, 0.05) is 6.42 Å². The van der Waals surface area contributed by atoms with E-state index in [4.69, 9.17) is 5.26 Å². The van der Waals surface area contributed by atoms with Gasteiger partial charge in [-0.05, 0) is 42.7 Å². The van der Waals surface area contributed by atoms with E-state index in [9.17, 15) is 9.18 Å². The molecule has 0 aliphatic heterocycles. The van der Waals surface area contributed by atoms with Gasteiger partial charge in [0.25, 0.3) is 0 Å². The summed E-state index contributed by atoms with van der Waals surface area (Å²) >= 11 is 0. The summed E-state index contributed by atoms with van der Waals surface area (Å²) in [6.07, 6.45) is 0.890. The van der Waals surface area contributed by atoms with Crippen LogP contribution in [0, 0.1) is 24.1 Å². The van der Waals surface area contributed by atoms with Crippen molar-refractivity contribution in [1.29, 1.82) is 5.26 Å². The van der Waals surface area contributed by atoms with E-state index in [1.165, 1.54) is 12.1 Å². The Bertz CT molecular complexity index is 704. The molecule has 2 rings (SSSR count). The number of nitrogens with zero attached hydrogens (tertiary/aromatic N) is 1. The van der Waals surface area contributed by atoms with E-state index < -0.39 is 5.82 Å². The molecule has 0 heterocycles. The number of anilines is 1. The third kappa shape index (κ3) is 3.90. The minimum absolute atomic E-state index is 0.101. The fraction of sp³-hybridized carbons (Fsp3) is 0.176. The van der Waals surface area contributed by atoms with Gasteiger partial charge in [-0.1, -0.05) is 24.3 Å². The quantitative estimate of drug-likeness (QED) is 0.932. The van der Waals surface area contributed by atoms with Crippen molar-refractivity contribution in [2.75, 3.05) is 5.32 Å². The Morgan fingerprint density at radius 3 is 2.71 bits per heavy atom. The first-order chi connectivity index (χ1) is 10.1. The van der Waals surface area contributed by atoms with Crippen LogP contribution in [-0.2, 0) is 11.2 Å². The van der Waals surface area contributed by atoms with E-state index in [1.54, 1.807) is 0 Å². The van der Waals surface area contributed by atoms with Crippen LogP contribution < -0.4 is 5.32 Å². The zero-order valence-corrected chi connectivity index (χ0v) is 11.7. The van der Waals surface area contributed by atoms with Gasteiger partial charge in [0.15, 0.2) is 0 Å². The van der Waals surface area contributed by atoms with Crippen LogP contribution in [0.3, 0.4) is 0 Å². The second-order valence-corrected chi connectivity index (χ2v) is 4.78. The summed E-state index contributed by atoms with van der Waals surface area (Å²) < 4.78 is 13.7. The minimum atomic E-state index is -0.599. The molecule has 0 fully saturated rings. The topological polar surface area (TPSA) is 52.9 Å². The van der Waals surface area contributed by atoms with Gasteiger partial charge in [0.2, 0.25) is 5.91 Å². The zero-order chi connectivity index (χ0) is 15.2. The van der Waals surface area contributed by atoms with Crippen LogP contribution in [-0.4, -0.2) is 5.91 Å². The van der Waals surface area contributed by atoms with Crippen molar-refractivity contribution in [3.05, 3.63) is 65.0 Å². The first kappa shape index (κ1) is 14.7. The summed E-state index contributed by atoms with van der Waals surface area (Å²) in [7, 11) is 0. The Morgan fingerprint density at radius 2 is 2.05 bits per heavy atom. The first-order valence-corrected chi connectivity index (χ1v) is 6.64. The lowest BCUT2D eigenvalue weighted by Gasteiger charge is -2.08. The van der Waals surface area contributed by atoms with E-state index in [2.05, 4.69) is 5.32 Å². The molecule has 3 nitrogen and oxygen atoms in total. The van der Waals surface area contributed by atoms with E-state index >= 15 is 0 Å². The maximum atomic E-state index is 13.7. The highest BCUT2D eigenvalue weighted by Gasteiger charge is 2.08. The molecule has 0 aliphatic carbocycles. The van der Waals surface area contributed by atoms with Gasteiger partial charge in [-0.3, -0.25) is 4.79 Å². The monoisotopic (exact) mass is 282 g/mol. The number of halogens is 1. The lowest BCUT2D eigenvalue weighted by atomic mass is 10.0. The number of rotatable bonds is 4. The molecule has 21 heavy (non-hydrogen) atoms. The van der Waals surface area contributed by atoms with Crippen molar-refractivity contribution in [2.24, 2.45) is 0 Å². The highest BCUT2D eigenvalue weighted by molar-refractivity contribution is 5.91. The molecule has 1 N–H and O–H groups in total. The highest BCUT2D eigenvalue weighted by Crippen LogP contribution is 2.16. The Balaban J connectivity index is 1.96. The number of carbonyl (C=O) groups is 1. The molecule has 0 saturated heterocycles. The van der Waals surface area contributed by atoms with E-state index in [1.807, 2.05) is 37.3 Å². The van der Waals surface area contributed by atoms with Crippen molar-refractivity contribution < 1.29 is 9.18 Å². The number of hydrogen-bond acceptors (Lipinski definition) is 2. The Labute approximate surface area is 123 Å². The van der Waals surface area contributed by atoms with Gasteiger partial charge in [0.1, 0.15) is 5.82 Å². The Kier molecular flexibility index (Phi) is 4.68. The van der Waals surface area contributed by atoms with Gasteiger partial charge >= 0.3 is 0 Å². The molecule has 0 unspecified atom stereocenters. The van der Waals surface area contributed by atoms with Crippen LogP contribution in [0.15, 0.2) is 42.5 Å². The molecule has 0 spiro atoms. The SMILES string of the molecule is Cc1ccccc1CCC(=O)Nc1ccc(C#N)cc1F. The summed E-state index contributed by atoms with van der Waals surface area (Å²) in [5.41, 5.74) is 2.57. The minimum Gasteiger partial charge on any atom is -0.324 e. The molecule has 0 radical (unpaired) electrons. The van der Waals surface area contributed by atoms with Gasteiger partial charge in [-0.15, -0.1) is 0 Å². The van der Waals surface area contributed by atoms with Crippen LogP contribution in [0.1, 0.15) is 23.1 Å². The maximum Gasteiger partial charge on any atom is 0.224 e. The van der Waals surface area contributed by atoms with Crippen molar-refractivity contribution in [3.8, 4) is 6.07 Å². The predicted octanol–water partition coefficient (Wildman–Crippen LogP) is 3.58. The second kappa shape index (κ2) is 6.67. The number of amides is 1. The van der Waals surface area contributed by atoms with Crippen molar-refractivity contribution in [3.63, 3.8) is 0 Å². The zero-order valence-electron chi connectivity index (χ0n) is 11.7. The van der Waals surface area contributed by atoms with E-state index in [0.717, 1.165) is 17.2 Å². The Morgan fingerprint density at radius 1 is 1.29 bits per heavy atom. The lowest BCUT2D eigenvalue weighted by Crippen LogP contribution is -2.13. The normalized spacial score (nSPS) is 9.95. The summed E-state index contributed by atoms with van der Waals surface area (Å²) in [5, 5.41) is 11.2. The summed E-state index contributed by atoms with van der Waals surface area (Å²) in [6.45, 7) is 1.99. The molecule has 1 amide bonds. The highest BCUT2D eigenvalue weighted by atomic mass is 19.1. The molecular formula is C17H15FN2O. The molecule has 0 aromatic heterocycles. The lowest BCUT2D eigenvalue weighted by molar-refractivity contribution is -0.116. The molecule has 2 aromatic carbocycles. The molecular weight excluding hydrogens is 267 g/mol. The average Bonchev–Trinajstić information content (AvgIpc) is 2.48. The van der Waals surface area contributed by atoms with Gasteiger partial charge in [-0.25, -0.2) is 4.39 Å². The molecule has 0 saturated carbocycles. The fourth-order valence-electron chi connectivity index (χ4n) is 2.04. The van der Waals surface area contributed by atoms with Crippen LogP contribution >= 0.6 is 0 Å². The summed E-state index contributed by atoms with van der Waals surface area (Å²) in [6, 6.07) is 13.7. The first-order valence-electron chi connectivity index (χ1n) is 6.64. The molecule has 0 bridgehead atoms. The van der Waals surface area contributed by atoms with Gasteiger partial charge in [-0.2, -0.15) is 5.26 Å². The van der Waals surface area contributed by atoms with Crippen LogP contribution in [0.5, 0.6) is 0 Å². The molecule has 0 atom stereocenters. The summed E-state index contributed by atoms with van der Waals surface area (Å²) in [5.74, 6) is -0.847. The third-order valence-corrected chi connectivity index (χ3v) is 3.25. The summed E-state index contributed by atoms with van der Waals surface area (Å²) in [4.78, 5) is 11.9. The number of benzene rings is 2. The van der Waals surface area contributed by atoms with Crippen molar-refractivity contribution in [2.45, 2.75) is 19.8 Å². The number of aryl methyl sites for hydroxylation is 2. The second-order valence-electron chi connectivity index (χ2n) is 4.78. The molecule has 2 aromatic rings. The average molecular weight is 282 g/mol. The molecule has 106 valence electrons. The molecule has 0 aliphatic rings. The van der Waals surface area contributed by atoms with Gasteiger partial charge < -0.3 is 5.32 Å². The molecule has 4 heteroatoms. The van der Waals surface area contributed by atoms with Crippen molar-refractivity contribution in [1.82, 2.24) is 0 Å². The largest absolute Gasteiger partial charge is 0.324 e. The number of nitrogens with one attached hydrogen (secondary N) is 1. The number of carbonyl (C=O) groups excluding carboxylic acids is 1. The third-order valence-electron chi connectivity index (χ3n) is 3.25. The smallest absolute Gasteiger partial charge is 0.224 e. The number of hydrogen-bond donors (Lipinski definition) is 1.